The smallest absolute Gasteiger partial charge is 0.352 e. The van der Waals surface area contributed by atoms with Crippen LogP contribution in [0.3, 0.4) is 0 Å². The molecule has 2 N–H and O–H groups in total. The number of benzene rings is 1. The maximum Gasteiger partial charge on any atom is 0.416 e. The van der Waals surface area contributed by atoms with Crippen LogP contribution < -0.4 is 5.32 Å². The Balaban J connectivity index is 2.25. The predicted molar refractivity (Wildman–Crippen MR) is 71.0 cm³/mol. The van der Waals surface area contributed by atoms with Crippen molar-refractivity contribution in [3.63, 3.8) is 0 Å². The largest absolute Gasteiger partial charge is 0.416 e. The van der Waals surface area contributed by atoms with Gasteiger partial charge >= 0.3 is 6.18 Å². The second-order valence-corrected chi connectivity index (χ2v) is 4.35. The van der Waals surface area contributed by atoms with Gasteiger partial charge in [-0.3, -0.25) is 4.79 Å². The number of nitrogens with one attached hydrogen (secondary N) is 2. The number of carbonyl (C=O) groups is 1. The van der Waals surface area contributed by atoms with Crippen molar-refractivity contribution in [2.45, 2.75) is 6.18 Å². The highest BCUT2D eigenvalue weighted by Gasteiger charge is 2.30. The van der Waals surface area contributed by atoms with Gasteiger partial charge < -0.3 is 10.3 Å². The number of aromatic nitrogens is 1. The summed E-state index contributed by atoms with van der Waals surface area (Å²) in [5.74, 6) is -0.564. The SMILES string of the molecule is O=C(Nc1cccc(C(F)(F)F)c1)c1ccc[nH]c1=S. The number of anilines is 1. The van der Waals surface area contributed by atoms with Gasteiger partial charge in [0.15, 0.2) is 0 Å². The number of alkyl halides is 3. The number of pyridine rings is 1. The minimum atomic E-state index is -4.45. The Hall–Kier alpha value is -2.15. The average Bonchev–Trinajstić information content (AvgIpc) is 2.38. The van der Waals surface area contributed by atoms with Gasteiger partial charge in [0.1, 0.15) is 4.64 Å². The molecule has 20 heavy (non-hydrogen) atoms. The van der Waals surface area contributed by atoms with E-state index < -0.39 is 17.6 Å². The first-order valence-electron chi connectivity index (χ1n) is 5.54. The number of hydrogen-bond acceptors (Lipinski definition) is 2. The molecule has 1 aromatic heterocycles. The zero-order valence-corrected chi connectivity index (χ0v) is 10.8. The first-order valence-corrected chi connectivity index (χ1v) is 5.95. The molecule has 0 aliphatic rings. The maximum absolute atomic E-state index is 12.6. The van der Waals surface area contributed by atoms with E-state index in [0.717, 1.165) is 12.1 Å². The Bertz CT molecular complexity index is 694. The molecule has 0 bridgehead atoms. The molecule has 104 valence electrons. The fourth-order valence-electron chi connectivity index (χ4n) is 1.57. The van der Waals surface area contributed by atoms with E-state index in [1.54, 1.807) is 12.3 Å². The lowest BCUT2D eigenvalue weighted by molar-refractivity contribution is -0.137. The van der Waals surface area contributed by atoms with E-state index >= 15 is 0 Å². The van der Waals surface area contributed by atoms with Crippen LogP contribution in [0.1, 0.15) is 15.9 Å². The Morgan fingerprint density at radius 2 is 1.95 bits per heavy atom. The first kappa shape index (κ1) is 14.3. The number of rotatable bonds is 2. The number of H-pyrrole nitrogens is 1. The highest BCUT2D eigenvalue weighted by molar-refractivity contribution is 7.71. The van der Waals surface area contributed by atoms with Crippen molar-refractivity contribution in [3.8, 4) is 0 Å². The molecule has 0 spiro atoms. The maximum atomic E-state index is 12.6. The van der Waals surface area contributed by atoms with Crippen molar-refractivity contribution in [2.75, 3.05) is 5.32 Å². The topological polar surface area (TPSA) is 44.9 Å². The zero-order valence-electron chi connectivity index (χ0n) is 9.99. The van der Waals surface area contributed by atoms with Gasteiger partial charge in [-0.2, -0.15) is 13.2 Å². The van der Waals surface area contributed by atoms with E-state index in [2.05, 4.69) is 10.3 Å². The Kier molecular flexibility index (Phi) is 3.89. The van der Waals surface area contributed by atoms with Crippen LogP contribution >= 0.6 is 12.2 Å². The number of halogens is 3. The molecule has 1 amide bonds. The third-order valence-electron chi connectivity index (χ3n) is 2.51. The van der Waals surface area contributed by atoms with E-state index in [9.17, 15) is 18.0 Å². The van der Waals surface area contributed by atoms with Crippen molar-refractivity contribution >= 4 is 23.8 Å². The van der Waals surface area contributed by atoms with Gasteiger partial charge in [0.2, 0.25) is 0 Å². The molecule has 0 fully saturated rings. The number of carbonyl (C=O) groups excluding carboxylic acids is 1. The molecule has 7 heteroatoms. The summed E-state index contributed by atoms with van der Waals surface area (Å²) in [6, 6.07) is 7.48. The van der Waals surface area contributed by atoms with E-state index in [0.29, 0.717) is 0 Å². The van der Waals surface area contributed by atoms with Crippen LogP contribution in [-0.4, -0.2) is 10.9 Å². The van der Waals surface area contributed by atoms with Crippen LogP contribution in [0, 0.1) is 4.64 Å². The summed E-state index contributed by atoms with van der Waals surface area (Å²) in [7, 11) is 0. The second kappa shape index (κ2) is 5.46. The van der Waals surface area contributed by atoms with E-state index in [1.807, 2.05) is 0 Å². The summed E-state index contributed by atoms with van der Waals surface area (Å²) in [4.78, 5) is 14.6. The quantitative estimate of drug-likeness (QED) is 0.823. The van der Waals surface area contributed by atoms with Gasteiger partial charge in [-0.05, 0) is 30.3 Å². The third-order valence-corrected chi connectivity index (χ3v) is 2.85. The molecule has 0 saturated heterocycles. The summed E-state index contributed by atoms with van der Waals surface area (Å²) in [5.41, 5.74) is -0.573. The van der Waals surface area contributed by atoms with Crippen molar-refractivity contribution in [3.05, 3.63) is 58.4 Å². The van der Waals surface area contributed by atoms with E-state index in [4.69, 9.17) is 12.2 Å². The standard InChI is InChI=1S/C13H9F3N2OS/c14-13(15,16)8-3-1-4-9(7-8)18-11(19)10-5-2-6-17-12(10)20/h1-7H,(H,17,20)(H,18,19). The Labute approximate surface area is 117 Å². The molecule has 1 heterocycles. The number of amides is 1. The van der Waals surface area contributed by atoms with E-state index in [-0.39, 0.29) is 15.9 Å². The third kappa shape index (κ3) is 3.24. The molecule has 0 unspecified atom stereocenters. The second-order valence-electron chi connectivity index (χ2n) is 3.95. The summed E-state index contributed by atoms with van der Waals surface area (Å²) in [5, 5.41) is 2.39. The fraction of sp³-hybridized carbons (Fsp3) is 0.0769. The molecule has 0 atom stereocenters. The molecular formula is C13H9F3N2OS. The molecule has 1 aromatic carbocycles. The number of aromatic amines is 1. The Morgan fingerprint density at radius 3 is 2.60 bits per heavy atom. The predicted octanol–water partition coefficient (Wildman–Crippen LogP) is 4.02. The molecule has 0 radical (unpaired) electrons. The summed E-state index contributed by atoms with van der Waals surface area (Å²) in [6.45, 7) is 0. The monoisotopic (exact) mass is 298 g/mol. The van der Waals surface area contributed by atoms with Crippen LogP contribution in [0.15, 0.2) is 42.6 Å². The first-order chi connectivity index (χ1) is 9.38. The van der Waals surface area contributed by atoms with Crippen molar-refractivity contribution < 1.29 is 18.0 Å². The van der Waals surface area contributed by atoms with Gasteiger partial charge in [0, 0.05) is 11.9 Å². The van der Waals surface area contributed by atoms with Gasteiger partial charge in [-0.1, -0.05) is 18.3 Å². The van der Waals surface area contributed by atoms with Crippen LogP contribution in [-0.2, 0) is 6.18 Å². The molecule has 2 rings (SSSR count). The van der Waals surface area contributed by atoms with Crippen molar-refractivity contribution in [1.29, 1.82) is 0 Å². The van der Waals surface area contributed by atoms with Crippen LogP contribution in [0.4, 0.5) is 18.9 Å². The minimum Gasteiger partial charge on any atom is -0.352 e. The van der Waals surface area contributed by atoms with Gasteiger partial charge in [-0.15, -0.1) is 0 Å². The molecule has 0 aliphatic carbocycles. The lowest BCUT2D eigenvalue weighted by Crippen LogP contribution is -2.14. The molecule has 0 aliphatic heterocycles. The van der Waals surface area contributed by atoms with Crippen molar-refractivity contribution in [1.82, 2.24) is 4.98 Å². The van der Waals surface area contributed by atoms with Crippen LogP contribution in [0.25, 0.3) is 0 Å². The summed E-state index contributed by atoms with van der Waals surface area (Å²) >= 11 is 4.93. The normalized spacial score (nSPS) is 11.2. The summed E-state index contributed by atoms with van der Waals surface area (Å²) in [6.07, 6.45) is -2.90. The van der Waals surface area contributed by atoms with E-state index in [1.165, 1.54) is 18.2 Å². The van der Waals surface area contributed by atoms with Gasteiger partial charge in [0.05, 0.1) is 11.1 Å². The number of hydrogen-bond donors (Lipinski definition) is 2. The zero-order chi connectivity index (χ0) is 14.8. The lowest BCUT2D eigenvalue weighted by atomic mass is 10.2. The lowest BCUT2D eigenvalue weighted by Gasteiger charge is -2.09. The van der Waals surface area contributed by atoms with Crippen LogP contribution in [0.2, 0.25) is 0 Å². The molecule has 0 saturated carbocycles. The van der Waals surface area contributed by atoms with Crippen molar-refractivity contribution in [2.24, 2.45) is 0 Å². The van der Waals surface area contributed by atoms with Crippen LogP contribution in [0.5, 0.6) is 0 Å². The molecular weight excluding hydrogens is 289 g/mol. The van der Waals surface area contributed by atoms with Gasteiger partial charge in [0.25, 0.3) is 5.91 Å². The fourth-order valence-corrected chi connectivity index (χ4v) is 1.80. The molecule has 3 nitrogen and oxygen atoms in total. The van der Waals surface area contributed by atoms with Gasteiger partial charge in [-0.25, -0.2) is 0 Å². The Morgan fingerprint density at radius 1 is 1.20 bits per heavy atom. The highest BCUT2D eigenvalue weighted by Crippen LogP contribution is 2.30. The molecule has 2 aromatic rings. The highest BCUT2D eigenvalue weighted by atomic mass is 32.1. The minimum absolute atomic E-state index is 0.0584. The summed E-state index contributed by atoms with van der Waals surface area (Å²) < 4.78 is 37.9. The average molecular weight is 298 g/mol.